The zero-order valence-electron chi connectivity index (χ0n) is 12.9. The van der Waals surface area contributed by atoms with Crippen LogP contribution in [0, 0.1) is 0 Å². The Morgan fingerprint density at radius 3 is 2.45 bits per heavy atom. The molecule has 20 heavy (non-hydrogen) atoms. The molecular weight excluding hydrogens is 248 g/mol. The Hall–Kier alpha value is -1.35. The first kappa shape index (κ1) is 15.0. The van der Waals surface area contributed by atoms with Crippen molar-refractivity contribution in [1.29, 1.82) is 0 Å². The van der Waals surface area contributed by atoms with Crippen LogP contribution in [0.5, 0.6) is 0 Å². The fourth-order valence-corrected chi connectivity index (χ4v) is 2.77. The Kier molecular flexibility index (Phi) is 4.48. The molecule has 0 radical (unpaired) electrons. The number of nitrogens with zero attached hydrogens (tertiary/aromatic N) is 1. The van der Waals surface area contributed by atoms with E-state index in [-0.39, 0.29) is 11.3 Å². The van der Waals surface area contributed by atoms with Gasteiger partial charge >= 0.3 is 0 Å². The minimum absolute atomic E-state index is 0.0275. The van der Waals surface area contributed by atoms with E-state index in [1.807, 2.05) is 23.1 Å². The molecule has 2 N–H and O–H groups in total. The molecule has 0 spiro atoms. The number of rotatable bonds is 4. The molecule has 3 heteroatoms. The Labute approximate surface area is 122 Å². The monoisotopic (exact) mass is 274 g/mol. The van der Waals surface area contributed by atoms with E-state index in [4.69, 9.17) is 5.73 Å². The van der Waals surface area contributed by atoms with E-state index in [9.17, 15) is 4.79 Å². The van der Waals surface area contributed by atoms with Crippen molar-refractivity contribution in [3.8, 4) is 0 Å². The van der Waals surface area contributed by atoms with Gasteiger partial charge < -0.3 is 10.6 Å². The number of amides is 1. The number of carbonyl (C=O) groups excluding carboxylic acids is 1. The number of nitrogens with two attached hydrogens (primary N) is 1. The molecule has 1 aromatic carbocycles. The largest absolute Gasteiger partial charge is 0.334 e. The second kappa shape index (κ2) is 5.96. The van der Waals surface area contributed by atoms with Gasteiger partial charge in [-0.05, 0) is 36.3 Å². The van der Waals surface area contributed by atoms with Gasteiger partial charge in [-0.25, -0.2) is 0 Å². The van der Waals surface area contributed by atoms with Gasteiger partial charge in [-0.2, -0.15) is 0 Å². The molecule has 0 bridgehead atoms. The van der Waals surface area contributed by atoms with Gasteiger partial charge in [-0.1, -0.05) is 39.0 Å². The molecule has 1 saturated carbocycles. The molecule has 0 aromatic heterocycles. The second-order valence-corrected chi connectivity index (χ2v) is 6.67. The molecule has 3 nitrogen and oxygen atoms in total. The van der Waals surface area contributed by atoms with E-state index in [0.29, 0.717) is 19.1 Å². The SMILES string of the molecule is CC(C)(C)c1ccccc1C(=O)N(CCN)C1CCC1. The van der Waals surface area contributed by atoms with E-state index >= 15 is 0 Å². The first-order valence-corrected chi connectivity index (χ1v) is 7.55. The van der Waals surface area contributed by atoms with Gasteiger partial charge in [-0.15, -0.1) is 0 Å². The molecule has 2 rings (SSSR count). The van der Waals surface area contributed by atoms with Crippen molar-refractivity contribution in [3.05, 3.63) is 35.4 Å². The van der Waals surface area contributed by atoms with E-state index in [1.54, 1.807) is 0 Å². The van der Waals surface area contributed by atoms with Gasteiger partial charge in [0.15, 0.2) is 0 Å². The second-order valence-electron chi connectivity index (χ2n) is 6.67. The summed E-state index contributed by atoms with van der Waals surface area (Å²) >= 11 is 0. The quantitative estimate of drug-likeness (QED) is 0.917. The summed E-state index contributed by atoms with van der Waals surface area (Å²) in [5.74, 6) is 0.144. The molecule has 1 aromatic rings. The van der Waals surface area contributed by atoms with Gasteiger partial charge in [0.05, 0.1) is 0 Å². The van der Waals surface area contributed by atoms with Crippen molar-refractivity contribution < 1.29 is 4.79 Å². The summed E-state index contributed by atoms with van der Waals surface area (Å²) in [5, 5.41) is 0. The van der Waals surface area contributed by atoms with Crippen molar-refractivity contribution >= 4 is 5.91 Å². The summed E-state index contributed by atoms with van der Waals surface area (Å²) < 4.78 is 0. The Morgan fingerprint density at radius 2 is 1.95 bits per heavy atom. The van der Waals surface area contributed by atoms with E-state index in [2.05, 4.69) is 26.8 Å². The summed E-state index contributed by atoms with van der Waals surface area (Å²) in [5.41, 5.74) is 7.61. The third kappa shape index (κ3) is 3.04. The summed E-state index contributed by atoms with van der Waals surface area (Å²) in [7, 11) is 0. The predicted octanol–water partition coefficient (Wildman–Crippen LogP) is 2.94. The van der Waals surface area contributed by atoms with Crippen LogP contribution < -0.4 is 5.73 Å². The maximum Gasteiger partial charge on any atom is 0.254 e. The maximum atomic E-state index is 12.9. The Morgan fingerprint density at radius 1 is 1.30 bits per heavy atom. The lowest BCUT2D eigenvalue weighted by Gasteiger charge is -2.38. The van der Waals surface area contributed by atoms with Crippen LogP contribution in [0.15, 0.2) is 24.3 Å². The highest BCUT2D eigenvalue weighted by Gasteiger charge is 2.31. The average molecular weight is 274 g/mol. The number of hydrogen-bond acceptors (Lipinski definition) is 2. The lowest BCUT2D eigenvalue weighted by atomic mass is 9.83. The first-order valence-electron chi connectivity index (χ1n) is 7.55. The highest BCUT2D eigenvalue weighted by Crippen LogP contribution is 2.30. The highest BCUT2D eigenvalue weighted by atomic mass is 16.2. The molecule has 110 valence electrons. The summed E-state index contributed by atoms with van der Waals surface area (Å²) in [4.78, 5) is 14.9. The van der Waals surface area contributed by atoms with Crippen LogP contribution >= 0.6 is 0 Å². The summed E-state index contributed by atoms with van der Waals surface area (Å²) in [6.07, 6.45) is 3.45. The molecule has 1 aliphatic rings. The van der Waals surface area contributed by atoms with Gasteiger partial charge in [0.25, 0.3) is 5.91 Å². The fraction of sp³-hybridized carbons (Fsp3) is 0.588. The number of carbonyl (C=O) groups is 1. The lowest BCUT2D eigenvalue weighted by Crippen LogP contribution is -2.47. The molecule has 0 saturated heterocycles. The molecular formula is C17H26N2O. The minimum atomic E-state index is -0.0275. The normalized spacial score (nSPS) is 15.8. The van der Waals surface area contributed by atoms with Gasteiger partial charge in [0.2, 0.25) is 0 Å². The van der Waals surface area contributed by atoms with Crippen LogP contribution in [0.2, 0.25) is 0 Å². The zero-order valence-corrected chi connectivity index (χ0v) is 12.9. The van der Waals surface area contributed by atoms with E-state index < -0.39 is 0 Å². The molecule has 1 aliphatic carbocycles. The maximum absolute atomic E-state index is 12.9. The van der Waals surface area contributed by atoms with Crippen LogP contribution in [0.3, 0.4) is 0 Å². The summed E-state index contributed by atoms with van der Waals surface area (Å²) in [6, 6.07) is 8.36. The smallest absolute Gasteiger partial charge is 0.254 e. The Bertz CT molecular complexity index is 472. The molecule has 0 heterocycles. The highest BCUT2D eigenvalue weighted by molar-refractivity contribution is 5.96. The van der Waals surface area contributed by atoms with E-state index in [1.165, 1.54) is 6.42 Å². The summed E-state index contributed by atoms with van der Waals surface area (Å²) in [6.45, 7) is 7.63. The first-order chi connectivity index (χ1) is 9.45. The van der Waals surface area contributed by atoms with E-state index in [0.717, 1.165) is 24.0 Å². The minimum Gasteiger partial charge on any atom is -0.334 e. The van der Waals surface area contributed by atoms with Crippen LogP contribution in [0.4, 0.5) is 0 Å². The van der Waals surface area contributed by atoms with Crippen LogP contribution in [-0.2, 0) is 5.41 Å². The third-order valence-corrected chi connectivity index (χ3v) is 4.11. The van der Waals surface area contributed by atoms with Gasteiger partial charge in [-0.3, -0.25) is 4.79 Å². The molecule has 1 fully saturated rings. The van der Waals surface area contributed by atoms with Crippen molar-refractivity contribution in [1.82, 2.24) is 4.90 Å². The van der Waals surface area contributed by atoms with Crippen molar-refractivity contribution in [3.63, 3.8) is 0 Å². The molecule has 1 amide bonds. The zero-order chi connectivity index (χ0) is 14.8. The van der Waals surface area contributed by atoms with Crippen molar-refractivity contribution in [2.24, 2.45) is 5.73 Å². The predicted molar refractivity (Wildman–Crippen MR) is 82.9 cm³/mol. The average Bonchev–Trinajstić information content (AvgIpc) is 2.34. The Balaban J connectivity index is 2.31. The van der Waals surface area contributed by atoms with Crippen molar-refractivity contribution in [2.75, 3.05) is 13.1 Å². The lowest BCUT2D eigenvalue weighted by molar-refractivity contribution is 0.0586. The molecule has 0 unspecified atom stereocenters. The number of hydrogen-bond donors (Lipinski definition) is 1. The third-order valence-electron chi connectivity index (χ3n) is 4.11. The van der Waals surface area contributed by atoms with Crippen LogP contribution in [0.1, 0.15) is 56.0 Å². The fourth-order valence-electron chi connectivity index (χ4n) is 2.77. The van der Waals surface area contributed by atoms with Gasteiger partial charge in [0.1, 0.15) is 0 Å². The standard InChI is InChI=1S/C17H26N2O/c1-17(2,3)15-10-5-4-9-14(15)16(20)19(12-11-18)13-7-6-8-13/h4-5,9-10,13H,6-8,11-12,18H2,1-3H3. The van der Waals surface area contributed by atoms with Crippen LogP contribution in [0.25, 0.3) is 0 Å². The molecule has 0 aliphatic heterocycles. The topological polar surface area (TPSA) is 46.3 Å². The molecule has 0 atom stereocenters. The number of benzene rings is 1. The van der Waals surface area contributed by atoms with Gasteiger partial charge in [0, 0.05) is 24.7 Å². The van der Waals surface area contributed by atoms with Crippen molar-refractivity contribution in [2.45, 2.75) is 51.5 Å². The van der Waals surface area contributed by atoms with Crippen LogP contribution in [-0.4, -0.2) is 29.9 Å².